The summed E-state index contributed by atoms with van der Waals surface area (Å²) in [6.07, 6.45) is 2.92. The van der Waals surface area contributed by atoms with E-state index in [1.165, 1.54) is 16.2 Å². The fourth-order valence-corrected chi connectivity index (χ4v) is 3.58. The van der Waals surface area contributed by atoms with Crippen LogP contribution >= 0.6 is 0 Å². The van der Waals surface area contributed by atoms with Crippen molar-refractivity contribution in [3.05, 3.63) is 63.6 Å². The fourth-order valence-electron chi connectivity index (χ4n) is 3.58. The number of aryl methyl sites for hydroxylation is 2. The van der Waals surface area contributed by atoms with Gasteiger partial charge in [-0.15, -0.1) is 0 Å². The molecule has 0 fully saturated rings. The number of aromatic nitrogens is 1. The molecule has 1 amide bonds. The Bertz CT molecular complexity index is 841. The summed E-state index contributed by atoms with van der Waals surface area (Å²) >= 11 is 0. The van der Waals surface area contributed by atoms with Gasteiger partial charge in [0.1, 0.15) is 12.3 Å². The van der Waals surface area contributed by atoms with Gasteiger partial charge in [-0.1, -0.05) is 24.3 Å². The molecule has 1 aliphatic carbocycles. The van der Waals surface area contributed by atoms with Crippen molar-refractivity contribution in [1.29, 1.82) is 0 Å². The third-order valence-corrected chi connectivity index (χ3v) is 4.77. The highest BCUT2D eigenvalue weighted by atomic mass is 16.3. The number of carbonyl (C=O) groups is 1. The number of fused-ring (bicyclic) bond motifs is 1. The van der Waals surface area contributed by atoms with Crippen LogP contribution in [0.25, 0.3) is 0 Å². The van der Waals surface area contributed by atoms with Crippen LogP contribution in [-0.4, -0.2) is 15.6 Å². The van der Waals surface area contributed by atoms with E-state index in [1.807, 2.05) is 19.1 Å². The van der Waals surface area contributed by atoms with E-state index in [0.29, 0.717) is 5.69 Å². The Morgan fingerprint density at radius 2 is 2.08 bits per heavy atom. The largest absolute Gasteiger partial charge is 0.508 e. The van der Waals surface area contributed by atoms with E-state index in [9.17, 15) is 14.7 Å². The molecule has 0 unspecified atom stereocenters. The van der Waals surface area contributed by atoms with Gasteiger partial charge in [-0.3, -0.25) is 9.59 Å². The quantitative estimate of drug-likeness (QED) is 0.908. The molecule has 1 aliphatic rings. The molecule has 0 radical (unpaired) electrons. The molecule has 2 aromatic rings. The van der Waals surface area contributed by atoms with Crippen molar-refractivity contribution in [3.8, 4) is 5.75 Å². The molecule has 0 bridgehead atoms. The number of rotatable bonds is 3. The summed E-state index contributed by atoms with van der Waals surface area (Å²) in [6, 6.07) is 10.8. The van der Waals surface area contributed by atoms with Gasteiger partial charge in [0, 0.05) is 11.8 Å². The average Bonchev–Trinajstić information content (AvgIpc) is 2.51. The van der Waals surface area contributed by atoms with Crippen molar-refractivity contribution < 1.29 is 9.90 Å². The van der Waals surface area contributed by atoms with E-state index in [1.54, 1.807) is 6.92 Å². The minimum absolute atomic E-state index is 0.0529. The molecule has 1 atom stereocenters. The van der Waals surface area contributed by atoms with Gasteiger partial charge in [0.15, 0.2) is 0 Å². The molecular formula is C19H22N2O3. The first-order valence-corrected chi connectivity index (χ1v) is 8.19. The minimum Gasteiger partial charge on any atom is -0.508 e. The van der Waals surface area contributed by atoms with E-state index < -0.39 is 5.54 Å². The second kappa shape index (κ2) is 6.15. The number of nitrogens with zero attached hydrogens (tertiary/aromatic N) is 1. The number of carbonyl (C=O) groups excluding carboxylic acids is 1. The molecule has 0 saturated heterocycles. The predicted octanol–water partition coefficient (Wildman–Crippen LogP) is 2.23. The van der Waals surface area contributed by atoms with Crippen LogP contribution in [0.5, 0.6) is 5.75 Å². The molecule has 5 nitrogen and oxygen atoms in total. The monoisotopic (exact) mass is 326 g/mol. The summed E-state index contributed by atoms with van der Waals surface area (Å²) < 4.78 is 1.37. The summed E-state index contributed by atoms with van der Waals surface area (Å²) in [5.41, 5.74) is 2.19. The van der Waals surface area contributed by atoms with Gasteiger partial charge in [-0.2, -0.15) is 0 Å². The fraction of sp³-hybridized carbons (Fsp3) is 0.368. The topological polar surface area (TPSA) is 71.3 Å². The molecule has 3 rings (SSSR count). The summed E-state index contributed by atoms with van der Waals surface area (Å²) in [6.45, 7) is 3.68. The Kier molecular flexibility index (Phi) is 4.18. The second-order valence-corrected chi connectivity index (χ2v) is 6.67. The maximum absolute atomic E-state index is 12.6. The molecule has 1 heterocycles. The zero-order chi connectivity index (χ0) is 17.3. The second-order valence-electron chi connectivity index (χ2n) is 6.67. The number of benzene rings is 1. The lowest BCUT2D eigenvalue weighted by Crippen LogP contribution is -2.47. The highest BCUT2D eigenvalue weighted by molar-refractivity contribution is 5.77. The number of pyridine rings is 1. The van der Waals surface area contributed by atoms with Crippen LogP contribution in [0.3, 0.4) is 0 Å². The van der Waals surface area contributed by atoms with Crippen molar-refractivity contribution in [2.45, 2.75) is 45.2 Å². The van der Waals surface area contributed by atoms with Crippen LogP contribution in [0.2, 0.25) is 0 Å². The standard InChI is InChI=1S/C19H22N2O3/c1-13-10-15(22)11-18(24)21(13)12-17(23)20-19(2)9-5-7-14-6-3-4-8-16(14)19/h3-4,6,8,10-11,22H,5,7,9,12H2,1-2H3,(H,20,23)/t19-/m1/s1. The molecular weight excluding hydrogens is 304 g/mol. The third-order valence-electron chi connectivity index (χ3n) is 4.77. The van der Waals surface area contributed by atoms with Crippen molar-refractivity contribution in [2.24, 2.45) is 0 Å². The summed E-state index contributed by atoms with van der Waals surface area (Å²) in [7, 11) is 0. The lowest BCUT2D eigenvalue weighted by molar-refractivity contribution is -0.123. The van der Waals surface area contributed by atoms with Crippen LogP contribution in [0, 0.1) is 6.92 Å². The summed E-state index contributed by atoms with van der Waals surface area (Å²) in [5.74, 6) is -0.285. The van der Waals surface area contributed by atoms with Gasteiger partial charge in [0.25, 0.3) is 5.56 Å². The molecule has 5 heteroatoms. The first kappa shape index (κ1) is 16.3. The Hall–Kier alpha value is -2.56. The first-order valence-electron chi connectivity index (χ1n) is 8.19. The molecule has 24 heavy (non-hydrogen) atoms. The van der Waals surface area contributed by atoms with Crippen LogP contribution in [0.1, 0.15) is 36.6 Å². The lowest BCUT2D eigenvalue weighted by atomic mass is 9.78. The maximum atomic E-state index is 12.6. The van der Waals surface area contributed by atoms with Gasteiger partial charge in [0.2, 0.25) is 5.91 Å². The highest BCUT2D eigenvalue weighted by Gasteiger charge is 2.33. The van der Waals surface area contributed by atoms with Gasteiger partial charge < -0.3 is 15.0 Å². The zero-order valence-corrected chi connectivity index (χ0v) is 14.0. The van der Waals surface area contributed by atoms with Crippen LogP contribution in [0.15, 0.2) is 41.2 Å². The van der Waals surface area contributed by atoms with E-state index in [2.05, 4.69) is 17.4 Å². The minimum atomic E-state index is -0.416. The average molecular weight is 326 g/mol. The molecule has 0 spiro atoms. The Labute approximate surface area is 140 Å². The maximum Gasteiger partial charge on any atom is 0.254 e. The van der Waals surface area contributed by atoms with Crippen LogP contribution in [-0.2, 0) is 23.3 Å². The van der Waals surface area contributed by atoms with E-state index >= 15 is 0 Å². The van der Waals surface area contributed by atoms with E-state index in [4.69, 9.17) is 0 Å². The van der Waals surface area contributed by atoms with E-state index in [0.717, 1.165) is 30.9 Å². The van der Waals surface area contributed by atoms with Gasteiger partial charge in [0.05, 0.1) is 5.54 Å². The third kappa shape index (κ3) is 3.07. The first-order chi connectivity index (χ1) is 11.4. The Morgan fingerprint density at radius 3 is 2.83 bits per heavy atom. The molecule has 126 valence electrons. The number of hydrogen-bond acceptors (Lipinski definition) is 3. The van der Waals surface area contributed by atoms with Crippen molar-refractivity contribution in [3.63, 3.8) is 0 Å². The smallest absolute Gasteiger partial charge is 0.254 e. The predicted molar refractivity (Wildman–Crippen MR) is 92.0 cm³/mol. The Morgan fingerprint density at radius 1 is 1.33 bits per heavy atom. The number of amides is 1. The van der Waals surface area contributed by atoms with Gasteiger partial charge in [-0.25, -0.2) is 0 Å². The SMILES string of the molecule is Cc1cc(O)cc(=O)n1CC(=O)N[C@]1(C)CCCc2ccccc21. The number of nitrogens with one attached hydrogen (secondary N) is 1. The summed E-state index contributed by atoms with van der Waals surface area (Å²) in [5, 5.41) is 12.6. The molecule has 0 aliphatic heterocycles. The molecule has 1 aromatic carbocycles. The normalized spacial score (nSPS) is 19.6. The Balaban J connectivity index is 1.82. The van der Waals surface area contributed by atoms with Crippen molar-refractivity contribution in [2.75, 3.05) is 0 Å². The van der Waals surface area contributed by atoms with Crippen LogP contribution < -0.4 is 10.9 Å². The van der Waals surface area contributed by atoms with Crippen LogP contribution in [0.4, 0.5) is 0 Å². The number of hydrogen-bond donors (Lipinski definition) is 2. The number of aromatic hydroxyl groups is 1. The van der Waals surface area contributed by atoms with Crippen molar-refractivity contribution in [1.82, 2.24) is 9.88 Å². The zero-order valence-electron chi connectivity index (χ0n) is 14.0. The highest BCUT2D eigenvalue weighted by Crippen LogP contribution is 2.34. The van der Waals surface area contributed by atoms with Crippen molar-refractivity contribution >= 4 is 5.91 Å². The molecule has 1 aromatic heterocycles. The van der Waals surface area contributed by atoms with E-state index in [-0.39, 0.29) is 23.8 Å². The summed E-state index contributed by atoms with van der Waals surface area (Å²) in [4.78, 5) is 24.5. The molecule has 2 N–H and O–H groups in total. The molecule has 0 saturated carbocycles. The lowest BCUT2D eigenvalue weighted by Gasteiger charge is -2.37. The van der Waals surface area contributed by atoms with Gasteiger partial charge >= 0.3 is 0 Å². The van der Waals surface area contributed by atoms with Gasteiger partial charge in [-0.05, 0) is 50.3 Å².